The van der Waals surface area contributed by atoms with Crippen LogP contribution in [0, 0.1) is 0 Å². The summed E-state index contributed by atoms with van der Waals surface area (Å²) in [4.78, 5) is 15.2. The summed E-state index contributed by atoms with van der Waals surface area (Å²) in [5.41, 5.74) is 2.28. The molecule has 2 heterocycles. The number of para-hydroxylation sites is 2. The molecule has 0 aliphatic carbocycles. The van der Waals surface area contributed by atoms with Crippen LogP contribution in [-0.2, 0) is 14.8 Å². The Kier molecular flexibility index (Phi) is 5.85. The van der Waals surface area contributed by atoms with Crippen LogP contribution in [0.1, 0.15) is 26.2 Å². The fourth-order valence-corrected chi connectivity index (χ4v) is 5.01. The second kappa shape index (κ2) is 8.55. The second-order valence-corrected chi connectivity index (χ2v) is 9.77. The molecule has 30 heavy (non-hydrogen) atoms. The van der Waals surface area contributed by atoms with Gasteiger partial charge in [-0.2, -0.15) is 0 Å². The Morgan fingerprint density at radius 2 is 1.77 bits per heavy atom. The summed E-state index contributed by atoms with van der Waals surface area (Å²) < 4.78 is 32.2. The minimum atomic E-state index is -3.52. The third-order valence-corrected chi connectivity index (χ3v) is 7.33. The molecule has 160 valence electrons. The molecule has 0 radical (unpaired) electrons. The highest BCUT2D eigenvalue weighted by Crippen LogP contribution is 2.35. The van der Waals surface area contributed by atoms with Crippen LogP contribution in [0.5, 0.6) is 5.75 Å². The van der Waals surface area contributed by atoms with Crippen molar-refractivity contribution in [3.8, 4) is 5.75 Å². The van der Waals surface area contributed by atoms with E-state index in [9.17, 15) is 13.2 Å². The van der Waals surface area contributed by atoms with E-state index in [-0.39, 0.29) is 18.2 Å². The number of ether oxygens (including phenoxy) is 1. The molecule has 0 saturated carbocycles. The van der Waals surface area contributed by atoms with E-state index >= 15 is 0 Å². The van der Waals surface area contributed by atoms with E-state index in [0.717, 1.165) is 18.8 Å². The molecule has 1 unspecified atom stereocenters. The topological polar surface area (TPSA) is 79.0 Å². The molecule has 2 aliphatic rings. The normalized spacial score (nSPS) is 19.0. The summed E-state index contributed by atoms with van der Waals surface area (Å²) in [6.07, 6.45) is 2.76. The first-order valence-electron chi connectivity index (χ1n) is 10.4. The molecule has 1 saturated heterocycles. The standard InChI is InChI=1S/C22H27N3O4S/c1-2-30(27,28)25-16-21(29-20-9-5-4-8-19(20)25)22(26)23-17-10-12-18(13-11-17)24-14-6-3-7-15-24/h4-5,8-13,21H,2-3,6-7,14-16H2,1H3,(H,23,26). The zero-order valence-corrected chi connectivity index (χ0v) is 17.9. The van der Waals surface area contributed by atoms with Crippen LogP contribution in [0.25, 0.3) is 0 Å². The second-order valence-electron chi connectivity index (χ2n) is 7.59. The molecule has 8 heteroatoms. The van der Waals surface area contributed by atoms with Crippen molar-refractivity contribution < 1.29 is 17.9 Å². The molecule has 1 N–H and O–H groups in total. The number of carbonyl (C=O) groups excluding carboxylic acids is 1. The molecule has 7 nitrogen and oxygen atoms in total. The van der Waals surface area contributed by atoms with Gasteiger partial charge in [0.05, 0.1) is 18.0 Å². The van der Waals surface area contributed by atoms with Crippen molar-refractivity contribution >= 4 is 33.0 Å². The summed E-state index contributed by atoms with van der Waals surface area (Å²) in [6.45, 7) is 3.66. The van der Waals surface area contributed by atoms with E-state index < -0.39 is 16.1 Å². The third-order valence-electron chi connectivity index (χ3n) is 5.58. The summed E-state index contributed by atoms with van der Waals surface area (Å²) in [5, 5.41) is 2.86. The highest BCUT2D eigenvalue weighted by atomic mass is 32.2. The highest BCUT2D eigenvalue weighted by molar-refractivity contribution is 7.92. The van der Waals surface area contributed by atoms with E-state index in [4.69, 9.17) is 4.74 Å². The number of hydrogen-bond acceptors (Lipinski definition) is 5. The molecule has 4 rings (SSSR count). The summed E-state index contributed by atoms with van der Waals surface area (Å²) in [5.74, 6) is -0.0268. The predicted molar refractivity (Wildman–Crippen MR) is 119 cm³/mol. The maximum absolute atomic E-state index is 12.9. The van der Waals surface area contributed by atoms with Gasteiger partial charge in [0, 0.05) is 24.5 Å². The molecule has 0 bridgehead atoms. The maximum Gasteiger partial charge on any atom is 0.267 e. The number of carbonyl (C=O) groups is 1. The summed E-state index contributed by atoms with van der Waals surface area (Å²) in [7, 11) is -3.52. The van der Waals surface area contributed by atoms with Crippen LogP contribution in [0.3, 0.4) is 0 Å². The lowest BCUT2D eigenvalue weighted by atomic mass is 10.1. The van der Waals surface area contributed by atoms with Gasteiger partial charge in [0.2, 0.25) is 10.0 Å². The Bertz CT molecular complexity index is 1000. The van der Waals surface area contributed by atoms with Gasteiger partial charge in [-0.05, 0) is 62.6 Å². The van der Waals surface area contributed by atoms with E-state index in [1.165, 1.54) is 23.6 Å². The van der Waals surface area contributed by atoms with Crippen LogP contribution in [0.15, 0.2) is 48.5 Å². The molecular formula is C22H27N3O4S. The van der Waals surface area contributed by atoms with Gasteiger partial charge in [-0.3, -0.25) is 9.10 Å². The van der Waals surface area contributed by atoms with E-state index in [1.54, 1.807) is 31.2 Å². The van der Waals surface area contributed by atoms with Gasteiger partial charge in [-0.1, -0.05) is 12.1 Å². The number of sulfonamides is 1. The summed E-state index contributed by atoms with van der Waals surface area (Å²) in [6, 6.07) is 14.6. The number of benzene rings is 2. The smallest absolute Gasteiger partial charge is 0.267 e. The highest BCUT2D eigenvalue weighted by Gasteiger charge is 2.35. The molecular weight excluding hydrogens is 402 g/mol. The number of nitrogens with zero attached hydrogens (tertiary/aromatic N) is 2. The van der Waals surface area contributed by atoms with Crippen molar-refractivity contribution in [3.63, 3.8) is 0 Å². The Balaban J connectivity index is 1.48. The van der Waals surface area contributed by atoms with Crippen LogP contribution < -0.4 is 19.3 Å². The van der Waals surface area contributed by atoms with Gasteiger partial charge in [-0.15, -0.1) is 0 Å². The number of piperidine rings is 1. The average Bonchev–Trinajstić information content (AvgIpc) is 2.79. The Morgan fingerprint density at radius 3 is 2.47 bits per heavy atom. The Hall–Kier alpha value is -2.74. The van der Waals surface area contributed by atoms with Gasteiger partial charge < -0.3 is 15.0 Å². The number of nitrogens with one attached hydrogen (secondary N) is 1. The first kappa shape index (κ1) is 20.5. The molecule has 2 aromatic carbocycles. The number of anilines is 3. The SMILES string of the molecule is CCS(=O)(=O)N1CC(C(=O)Nc2ccc(N3CCCCC3)cc2)Oc2ccccc21. The van der Waals surface area contributed by atoms with Gasteiger partial charge in [0.15, 0.2) is 6.10 Å². The molecule has 0 aromatic heterocycles. The van der Waals surface area contributed by atoms with Crippen LogP contribution in [-0.4, -0.2) is 45.8 Å². The molecule has 0 spiro atoms. The maximum atomic E-state index is 12.9. The van der Waals surface area contributed by atoms with Gasteiger partial charge in [-0.25, -0.2) is 8.42 Å². The van der Waals surface area contributed by atoms with Crippen LogP contribution in [0.2, 0.25) is 0 Å². The Morgan fingerprint density at radius 1 is 1.07 bits per heavy atom. The molecule has 1 atom stereocenters. The molecule has 2 aliphatic heterocycles. The van der Waals surface area contributed by atoms with Crippen LogP contribution in [0.4, 0.5) is 17.1 Å². The summed E-state index contributed by atoms with van der Waals surface area (Å²) >= 11 is 0. The molecule has 1 amide bonds. The fourth-order valence-electron chi connectivity index (χ4n) is 3.89. The number of amides is 1. The van der Waals surface area contributed by atoms with Crippen molar-refractivity contribution in [2.24, 2.45) is 0 Å². The minimum Gasteiger partial charge on any atom is -0.476 e. The van der Waals surface area contributed by atoms with Crippen molar-refractivity contribution in [2.75, 3.05) is 39.9 Å². The number of rotatable bonds is 5. The first-order chi connectivity index (χ1) is 14.5. The number of hydrogen-bond donors (Lipinski definition) is 1. The zero-order chi connectivity index (χ0) is 21.1. The van der Waals surface area contributed by atoms with Gasteiger partial charge >= 0.3 is 0 Å². The average molecular weight is 430 g/mol. The largest absolute Gasteiger partial charge is 0.476 e. The molecule has 1 fully saturated rings. The van der Waals surface area contributed by atoms with E-state index in [2.05, 4.69) is 10.2 Å². The first-order valence-corrected chi connectivity index (χ1v) is 12.0. The molecule has 2 aromatic rings. The van der Waals surface area contributed by atoms with Crippen molar-refractivity contribution in [3.05, 3.63) is 48.5 Å². The third kappa shape index (κ3) is 4.23. The van der Waals surface area contributed by atoms with Gasteiger partial charge in [0.25, 0.3) is 5.91 Å². The fraction of sp³-hybridized carbons (Fsp3) is 0.409. The van der Waals surface area contributed by atoms with Crippen molar-refractivity contribution in [1.82, 2.24) is 0 Å². The quantitative estimate of drug-likeness (QED) is 0.789. The van der Waals surface area contributed by atoms with E-state index in [1.807, 2.05) is 24.3 Å². The van der Waals surface area contributed by atoms with E-state index in [0.29, 0.717) is 17.1 Å². The monoisotopic (exact) mass is 429 g/mol. The number of fused-ring (bicyclic) bond motifs is 1. The lowest BCUT2D eigenvalue weighted by Gasteiger charge is -2.34. The van der Waals surface area contributed by atoms with Crippen molar-refractivity contribution in [2.45, 2.75) is 32.3 Å². The zero-order valence-electron chi connectivity index (χ0n) is 17.1. The lowest BCUT2D eigenvalue weighted by molar-refractivity contribution is -0.122. The van der Waals surface area contributed by atoms with Crippen LogP contribution >= 0.6 is 0 Å². The predicted octanol–water partition coefficient (Wildman–Crippen LogP) is 3.23. The van der Waals surface area contributed by atoms with Gasteiger partial charge in [0.1, 0.15) is 5.75 Å². The minimum absolute atomic E-state index is 0.0480. The Labute approximate surface area is 177 Å². The lowest BCUT2D eigenvalue weighted by Crippen LogP contribution is -2.49. The van der Waals surface area contributed by atoms with Crippen molar-refractivity contribution in [1.29, 1.82) is 0 Å².